The predicted octanol–water partition coefficient (Wildman–Crippen LogP) is 1.47. The first-order chi connectivity index (χ1) is 7.18. The monoisotopic (exact) mass is 269 g/mol. The third kappa shape index (κ3) is 2.17. The lowest BCUT2D eigenvalue weighted by molar-refractivity contribution is 0.0747. The number of hydrogen-bond acceptors (Lipinski definition) is 3. The summed E-state index contributed by atoms with van der Waals surface area (Å²) >= 11 is 3.53. The molecular weight excluding hydrogens is 258 g/mol. The molecule has 1 amide bonds. The van der Waals surface area contributed by atoms with E-state index in [0.29, 0.717) is 10.4 Å². The van der Waals surface area contributed by atoms with E-state index >= 15 is 0 Å². The Morgan fingerprint density at radius 2 is 2.20 bits per heavy atom. The molecule has 0 aromatic carbocycles. The first kappa shape index (κ1) is 10.5. The lowest BCUT2D eigenvalue weighted by Crippen LogP contribution is -2.34. The van der Waals surface area contributed by atoms with Gasteiger partial charge in [0.25, 0.3) is 5.91 Å². The Balaban J connectivity index is 2.15. The van der Waals surface area contributed by atoms with Gasteiger partial charge in [-0.3, -0.25) is 4.79 Å². The van der Waals surface area contributed by atoms with Gasteiger partial charge in [-0.15, -0.1) is 0 Å². The SMILES string of the molecule is CC1CC(Br)CN1C(=O)c1cncnc1. The van der Waals surface area contributed by atoms with E-state index in [1.54, 1.807) is 12.4 Å². The summed E-state index contributed by atoms with van der Waals surface area (Å²) in [5.74, 6) is 0.0186. The van der Waals surface area contributed by atoms with Crippen molar-refractivity contribution in [2.75, 3.05) is 6.54 Å². The molecule has 5 heteroatoms. The maximum absolute atomic E-state index is 12.0. The van der Waals surface area contributed by atoms with Gasteiger partial charge >= 0.3 is 0 Å². The van der Waals surface area contributed by atoms with Crippen LogP contribution in [0, 0.1) is 0 Å². The quantitative estimate of drug-likeness (QED) is 0.726. The van der Waals surface area contributed by atoms with Crippen LogP contribution in [0.2, 0.25) is 0 Å². The van der Waals surface area contributed by atoms with Crippen LogP contribution in [0.25, 0.3) is 0 Å². The average molecular weight is 270 g/mol. The second-order valence-electron chi connectivity index (χ2n) is 3.77. The van der Waals surface area contributed by atoms with Crippen molar-refractivity contribution in [2.24, 2.45) is 0 Å². The van der Waals surface area contributed by atoms with Crippen molar-refractivity contribution in [3.63, 3.8) is 0 Å². The summed E-state index contributed by atoms with van der Waals surface area (Å²) in [6.07, 6.45) is 5.55. The lowest BCUT2D eigenvalue weighted by atomic mass is 10.2. The van der Waals surface area contributed by atoms with E-state index in [9.17, 15) is 4.79 Å². The second kappa shape index (κ2) is 4.26. The van der Waals surface area contributed by atoms with Gasteiger partial charge < -0.3 is 4.90 Å². The van der Waals surface area contributed by atoms with E-state index < -0.39 is 0 Å². The van der Waals surface area contributed by atoms with Crippen LogP contribution in [0.5, 0.6) is 0 Å². The molecule has 2 atom stereocenters. The molecule has 1 aromatic heterocycles. The van der Waals surface area contributed by atoms with Crippen molar-refractivity contribution in [2.45, 2.75) is 24.2 Å². The highest BCUT2D eigenvalue weighted by molar-refractivity contribution is 9.09. The molecule has 1 saturated heterocycles. The van der Waals surface area contributed by atoms with Crippen molar-refractivity contribution in [1.82, 2.24) is 14.9 Å². The number of nitrogens with zero attached hydrogens (tertiary/aromatic N) is 3. The third-order valence-electron chi connectivity index (χ3n) is 2.59. The molecule has 0 saturated carbocycles. The van der Waals surface area contributed by atoms with Gasteiger partial charge in [-0.1, -0.05) is 15.9 Å². The van der Waals surface area contributed by atoms with Gasteiger partial charge in [-0.05, 0) is 13.3 Å². The molecule has 0 aliphatic carbocycles. The first-order valence-corrected chi connectivity index (χ1v) is 5.80. The topological polar surface area (TPSA) is 46.1 Å². The van der Waals surface area contributed by atoms with Crippen LogP contribution in [0.4, 0.5) is 0 Å². The minimum atomic E-state index is 0.0186. The largest absolute Gasteiger partial charge is 0.335 e. The Hall–Kier alpha value is -0.970. The van der Waals surface area contributed by atoms with Gasteiger partial charge in [-0.2, -0.15) is 0 Å². The molecule has 2 rings (SSSR count). The molecule has 0 spiro atoms. The Bertz CT molecular complexity index is 357. The summed E-state index contributed by atoms with van der Waals surface area (Å²) in [6, 6.07) is 0.280. The van der Waals surface area contributed by atoms with E-state index in [1.807, 2.05) is 4.90 Å². The minimum absolute atomic E-state index is 0.0186. The number of amides is 1. The molecule has 4 nitrogen and oxygen atoms in total. The molecule has 1 fully saturated rings. The van der Waals surface area contributed by atoms with Gasteiger partial charge in [0.2, 0.25) is 0 Å². The molecule has 0 radical (unpaired) electrons. The minimum Gasteiger partial charge on any atom is -0.335 e. The Morgan fingerprint density at radius 3 is 2.73 bits per heavy atom. The fourth-order valence-electron chi connectivity index (χ4n) is 1.82. The summed E-state index contributed by atoms with van der Waals surface area (Å²) < 4.78 is 0. The first-order valence-electron chi connectivity index (χ1n) is 4.88. The van der Waals surface area contributed by atoms with Crippen molar-refractivity contribution < 1.29 is 4.79 Å². The van der Waals surface area contributed by atoms with E-state index in [1.165, 1.54) is 6.33 Å². The number of carbonyl (C=O) groups is 1. The van der Waals surface area contributed by atoms with Crippen molar-refractivity contribution >= 4 is 21.8 Å². The summed E-state index contributed by atoms with van der Waals surface area (Å²) in [5, 5.41) is 0. The van der Waals surface area contributed by atoms with Crippen LogP contribution >= 0.6 is 15.9 Å². The Morgan fingerprint density at radius 1 is 1.53 bits per heavy atom. The smallest absolute Gasteiger partial charge is 0.257 e. The van der Waals surface area contributed by atoms with Crippen molar-refractivity contribution in [3.8, 4) is 0 Å². The summed E-state index contributed by atoms with van der Waals surface area (Å²) in [6.45, 7) is 2.82. The van der Waals surface area contributed by atoms with Crippen molar-refractivity contribution in [3.05, 3.63) is 24.3 Å². The fraction of sp³-hybridized carbons (Fsp3) is 0.500. The highest BCUT2D eigenvalue weighted by Gasteiger charge is 2.31. The maximum atomic E-state index is 12.0. The van der Waals surface area contributed by atoms with Gasteiger partial charge in [0.1, 0.15) is 6.33 Å². The summed E-state index contributed by atoms with van der Waals surface area (Å²) in [5.41, 5.74) is 0.561. The third-order valence-corrected chi connectivity index (χ3v) is 3.26. The lowest BCUT2D eigenvalue weighted by Gasteiger charge is -2.20. The summed E-state index contributed by atoms with van der Waals surface area (Å²) in [7, 11) is 0. The number of alkyl halides is 1. The number of hydrogen-bond donors (Lipinski definition) is 0. The number of halogens is 1. The number of rotatable bonds is 1. The standard InChI is InChI=1S/C10H12BrN3O/c1-7-2-9(11)5-14(7)10(15)8-3-12-6-13-4-8/h3-4,6-7,9H,2,5H2,1H3. The van der Waals surface area contributed by atoms with Gasteiger partial charge in [0.05, 0.1) is 5.56 Å². The molecule has 1 aromatic rings. The number of likely N-dealkylation sites (tertiary alicyclic amines) is 1. The molecule has 0 N–H and O–H groups in total. The predicted molar refractivity (Wildman–Crippen MR) is 59.9 cm³/mol. The van der Waals surface area contributed by atoms with Crippen LogP contribution in [0.1, 0.15) is 23.7 Å². The molecule has 1 aliphatic heterocycles. The number of aromatic nitrogens is 2. The normalized spacial score (nSPS) is 25.6. The molecule has 2 heterocycles. The van der Waals surface area contributed by atoms with Crippen LogP contribution < -0.4 is 0 Å². The zero-order valence-electron chi connectivity index (χ0n) is 8.43. The number of carbonyl (C=O) groups excluding carboxylic acids is 1. The van der Waals surface area contributed by atoms with E-state index in [2.05, 4.69) is 32.8 Å². The molecule has 0 bridgehead atoms. The van der Waals surface area contributed by atoms with Crippen LogP contribution in [-0.2, 0) is 0 Å². The fourth-order valence-corrected chi connectivity index (χ4v) is 2.68. The van der Waals surface area contributed by atoms with Crippen LogP contribution in [-0.4, -0.2) is 38.2 Å². The van der Waals surface area contributed by atoms with Gasteiger partial charge in [0.15, 0.2) is 0 Å². The molecule has 1 aliphatic rings. The van der Waals surface area contributed by atoms with E-state index in [4.69, 9.17) is 0 Å². The van der Waals surface area contributed by atoms with Crippen LogP contribution in [0.3, 0.4) is 0 Å². The molecule has 2 unspecified atom stereocenters. The molecule has 80 valence electrons. The van der Waals surface area contributed by atoms with E-state index in [0.717, 1.165) is 13.0 Å². The average Bonchev–Trinajstić information content (AvgIpc) is 2.58. The zero-order valence-corrected chi connectivity index (χ0v) is 10.0. The molecular formula is C10H12BrN3O. The maximum Gasteiger partial charge on any atom is 0.257 e. The van der Waals surface area contributed by atoms with Crippen molar-refractivity contribution in [1.29, 1.82) is 0 Å². The highest BCUT2D eigenvalue weighted by atomic mass is 79.9. The second-order valence-corrected chi connectivity index (χ2v) is 5.06. The highest BCUT2D eigenvalue weighted by Crippen LogP contribution is 2.24. The Labute approximate surface area is 96.8 Å². The zero-order chi connectivity index (χ0) is 10.8. The van der Waals surface area contributed by atoms with Crippen LogP contribution in [0.15, 0.2) is 18.7 Å². The molecule has 15 heavy (non-hydrogen) atoms. The van der Waals surface area contributed by atoms with Gasteiger partial charge in [0, 0.05) is 29.8 Å². The Kier molecular flexibility index (Phi) is 3.00. The van der Waals surface area contributed by atoms with Gasteiger partial charge in [-0.25, -0.2) is 9.97 Å². The summed E-state index contributed by atoms with van der Waals surface area (Å²) in [4.78, 5) is 22.0. The van der Waals surface area contributed by atoms with E-state index in [-0.39, 0.29) is 11.9 Å².